The Kier molecular flexibility index (Phi) is 26.0. The fourth-order valence-electron chi connectivity index (χ4n) is 0. The van der Waals surface area contributed by atoms with E-state index in [9.17, 15) is 0 Å². The van der Waals surface area contributed by atoms with E-state index in [4.69, 9.17) is 7.79 Å². The molecule has 0 unspecified atom stereocenters. The van der Waals surface area contributed by atoms with Crippen molar-refractivity contribution in [3.05, 3.63) is 0 Å². The van der Waals surface area contributed by atoms with Gasteiger partial charge in [0.05, 0.1) is 0 Å². The van der Waals surface area contributed by atoms with Crippen LogP contribution in [0.5, 0.6) is 0 Å². The monoisotopic (exact) mass is 108 g/mol. The second kappa shape index (κ2) is 11.6. The topological polar surface area (TPSA) is 65.6 Å². The summed E-state index contributed by atoms with van der Waals surface area (Å²) in [5.74, 6) is 0. The summed E-state index contributed by atoms with van der Waals surface area (Å²) < 4.78 is 16.6. The van der Waals surface area contributed by atoms with Crippen LogP contribution in [0.4, 0.5) is 0 Å². The first kappa shape index (κ1) is 8.96. The van der Waals surface area contributed by atoms with Crippen molar-refractivity contribution in [2.45, 2.75) is 0 Å². The van der Waals surface area contributed by atoms with Gasteiger partial charge in [-0.05, 0) is 0 Å². The Bertz CT molecular complexity index is 24.3. The Labute approximate surface area is 28.5 Å². The number of rotatable bonds is 0. The van der Waals surface area contributed by atoms with Crippen LogP contribution < -0.4 is 0 Å². The van der Waals surface area contributed by atoms with Crippen molar-refractivity contribution in [3.8, 4) is 0 Å². The minimum atomic E-state index is -0.875. The molecule has 0 saturated carbocycles. The molecule has 3 nitrogen and oxygen atoms in total. The Morgan fingerprint density at radius 1 is 1.25 bits per heavy atom. The molecule has 30 valence electrons. The molecule has 0 amide bonds. The van der Waals surface area contributed by atoms with E-state index < -0.39 is 14.3 Å². The Morgan fingerprint density at radius 2 is 1.25 bits per heavy atom. The van der Waals surface area contributed by atoms with Crippen molar-refractivity contribution in [2.24, 2.45) is 0 Å². The van der Waals surface area contributed by atoms with E-state index in [-0.39, 0.29) is 5.48 Å². The SMILES string of the molecule is O.[O]=[Ni]=[O]. The molecule has 0 heterocycles. The molecule has 0 radical (unpaired) electrons. The zero-order valence-corrected chi connectivity index (χ0v) is 2.62. The van der Waals surface area contributed by atoms with Crippen LogP contribution in [0, 0.1) is 0 Å². The van der Waals surface area contributed by atoms with E-state index in [0.717, 1.165) is 0 Å². The summed E-state index contributed by atoms with van der Waals surface area (Å²) >= 11 is -0.875. The molecule has 0 bridgehead atoms. The van der Waals surface area contributed by atoms with Gasteiger partial charge < -0.3 is 5.48 Å². The van der Waals surface area contributed by atoms with Crippen molar-refractivity contribution >= 4 is 0 Å². The Hall–Kier alpha value is 0.0535. The second-order valence-electron chi connectivity index (χ2n) is 0.0527. The average molecular weight is 109 g/mol. The van der Waals surface area contributed by atoms with Gasteiger partial charge in [-0.25, -0.2) is 0 Å². The van der Waals surface area contributed by atoms with Crippen LogP contribution in [0.3, 0.4) is 0 Å². The van der Waals surface area contributed by atoms with Crippen molar-refractivity contribution in [1.29, 1.82) is 0 Å². The van der Waals surface area contributed by atoms with Crippen LogP contribution in [-0.4, -0.2) is 5.48 Å². The molecule has 2 N–H and O–H groups in total. The quantitative estimate of drug-likeness (QED) is 0.371. The maximum absolute atomic E-state index is 8.31. The minimum absolute atomic E-state index is 0. The average Bonchev–Trinajstić information content (AvgIpc) is 0.918. The van der Waals surface area contributed by atoms with Crippen molar-refractivity contribution in [1.82, 2.24) is 0 Å². The van der Waals surface area contributed by atoms with Crippen LogP contribution in [0.25, 0.3) is 0 Å². The van der Waals surface area contributed by atoms with Gasteiger partial charge in [0, 0.05) is 0 Å². The Balaban J connectivity index is 0. The van der Waals surface area contributed by atoms with Gasteiger partial charge in [-0.1, -0.05) is 0 Å². The van der Waals surface area contributed by atoms with Gasteiger partial charge in [-0.2, -0.15) is 0 Å². The molecule has 0 aliphatic carbocycles. The molecular formula is H2NiO3. The molecule has 0 aliphatic heterocycles. The third kappa shape index (κ3) is 796. The first-order chi connectivity index (χ1) is 1.41. The summed E-state index contributed by atoms with van der Waals surface area (Å²) in [7, 11) is 0. The molecule has 0 aromatic heterocycles. The zero-order valence-electron chi connectivity index (χ0n) is 1.63. The molecule has 0 aliphatic rings. The van der Waals surface area contributed by atoms with Crippen molar-refractivity contribution in [2.75, 3.05) is 0 Å². The van der Waals surface area contributed by atoms with Gasteiger partial charge in [0.2, 0.25) is 0 Å². The molecule has 4 heavy (non-hydrogen) atoms. The van der Waals surface area contributed by atoms with Crippen LogP contribution in [0.2, 0.25) is 0 Å². The molecule has 4 heteroatoms. The first-order valence-corrected chi connectivity index (χ1v) is 1.06. The molecule has 0 spiro atoms. The summed E-state index contributed by atoms with van der Waals surface area (Å²) in [6.07, 6.45) is 0. The fraction of sp³-hybridized carbons (Fsp3) is 0. The first-order valence-electron chi connectivity index (χ1n) is 0.258. The molecule has 0 atom stereocenters. The summed E-state index contributed by atoms with van der Waals surface area (Å²) in [6, 6.07) is 0. The summed E-state index contributed by atoms with van der Waals surface area (Å²) in [5.41, 5.74) is 0. The Morgan fingerprint density at radius 3 is 1.25 bits per heavy atom. The third-order valence-electron chi connectivity index (χ3n) is 0. The summed E-state index contributed by atoms with van der Waals surface area (Å²) in [6.45, 7) is 0. The molecule has 0 rings (SSSR count). The van der Waals surface area contributed by atoms with E-state index >= 15 is 0 Å². The van der Waals surface area contributed by atoms with Gasteiger partial charge in [0.25, 0.3) is 0 Å². The molecule has 0 aromatic rings. The van der Waals surface area contributed by atoms with E-state index in [1.165, 1.54) is 0 Å². The van der Waals surface area contributed by atoms with Gasteiger partial charge in [0.1, 0.15) is 0 Å². The molecule has 0 aromatic carbocycles. The van der Waals surface area contributed by atoms with Gasteiger partial charge >= 0.3 is 22.1 Å². The standard InChI is InChI=1S/Ni.H2O.2O/h;1H2;;. The van der Waals surface area contributed by atoms with Crippen molar-refractivity contribution in [3.63, 3.8) is 0 Å². The molecular weight excluding hydrogens is 107 g/mol. The predicted molar refractivity (Wildman–Crippen MR) is 4.99 cm³/mol. The second-order valence-corrected chi connectivity index (χ2v) is 0.217. The van der Waals surface area contributed by atoms with E-state index in [2.05, 4.69) is 0 Å². The summed E-state index contributed by atoms with van der Waals surface area (Å²) in [4.78, 5) is 0. The fourth-order valence-corrected chi connectivity index (χ4v) is 0. The van der Waals surface area contributed by atoms with Crippen LogP contribution >= 0.6 is 0 Å². The summed E-state index contributed by atoms with van der Waals surface area (Å²) in [5, 5.41) is 0. The normalized spacial score (nSPS) is 5.00. The van der Waals surface area contributed by atoms with E-state index in [1.54, 1.807) is 0 Å². The van der Waals surface area contributed by atoms with E-state index in [0.29, 0.717) is 0 Å². The predicted octanol–water partition coefficient (Wildman–Crippen LogP) is -1.06. The third-order valence-corrected chi connectivity index (χ3v) is 0. The van der Waals surface area contributed by atoms with Crippen LogP contribution in [-0.2, 0) is 22.1 Å². The van der Waals surface area contributed by atoms with Crippen molar-refractivity contribution < 1.29 is 27.6 Å². The van der Waals surface area contributed by atoms with Crippen LogP contribution in [0.1, 0.15) is 0 Å². The molecule has 0 saturated heterocycles. The molecule has 0 fully saturated rings. The van der Waals surface area contributed by atoms with Gasteiger partial charge in [-0.15, -0.1) is 0 Å². The van der Waals surface area contributed by atoms with E-state index in [1.807, 2.05) is 0 Å². The number of hydrogen-bond donors (Lipinski definition) is 0. The van der Waals surface area contributed by atoms with Crippen LogP contribution in [0.15, 0.2) is 0 Å². The van der Waals surface area contributed by atoms with Gasteiger partial charge in [-0.3, -0.25) is 0 Å². The maximum atomic E-state index is 8.31. The zero-order chi connectivity index (χ0) is 2.71. The van der Waals surface area contributed by atoms with Gasteiger partial charge in [0.15, 0.2) is 0 Å². The number of hydrogen-bond acceptors (Lipinski definition) is 2.